The molecule has 1 unspecified atom stereocenters. The smallest absolute Gasteiger partial charge is 0.354 e. The fourth-order valence-corrected chi connectivity index (χ4v) is 12.7. The first-order valence-electron chi connectivity index (χ1n) is 18.1. The maximum atomic E-state index is 13.5. The van der Waals surface area contributed by atoms with E-state index in [-0.39, 0.29) is 24.5 Å². The largest absolute Gasteiger partial charge is 0.464 e. The maximum Gasteiger partial charge on any atom is 0.354 e. The summed E-state index contributed by atoms with van der Waals surface area (Å²) in [5.41, 5.74) is 4.67. The van der Waals surface area contributed by atoms with E-state index in [1.165, 1.54) is 17.5 Å². The van der Waals surface area contributed by atoms with Crippen LogP contribution in [0, 0.1) is 0 Å². The average Bonchev–Trinajstić information content (AvgIpc) is 3.62. The lowest BCUT2D eigenvalue weighted by Gasteiger charge is -2.43. The highest BCUT2D eigenvalue weighted by Crippen LogP contribution is 2.43. The molecule has 11 heteroatoms. The number of aliphatic hydroxyl groups is 1. The molecule has 1 saturated heterocycles. The number of ether oxygens (including phenoxy) is 3. The second-order valence-electron chi connectivity index (χ2n) is 14.5. The first kappa shape index (κ1) is 38.0. The molecule has 0 spiro atoms. The minimum Gasteiger partial charge on any atom is -0.464 e. The predicted molar refractivity (Wildman–Crippen MR) is 208 cm³/mol. The summed E-state index contributed by atoms with van der Waals surface area (Å²) in [4.78, 5) is 13.5. The zero-order valence-electron chi connectivity index (χ0n) is 31.1. The molecule has 1 fully saturated rings. The van der Waals surface area contributed by atoms with Crippen molar-refractivity contribution in [1.29, 1.82) is 0 Å². The Bertz CT molecular complexity index is 1960. The second kappa shape index (κ2) is 16.1. The molecule has 5 aromatic rings. The summed E-state index contributed by atoms with van der Waals surface area (Å²) >= 11 is 7.05. The molecule has 0 saturated carbocycles. The Labute approximate surface area is 312 Å². The van der Waals surface area contributed by atoms with E-state index in [0.717, 1.165) is 41.4 Å². The van der Waals surface area contributed by atoms with Gasteiger partial charge in [0.25, 0.3) is 8.32 Å². The second-order valence-corrected chi connectivity index (χ2v) is 19.2. The Morgan fingerprint density at radius 1 is 1.00 bits per heavy atom. The minimum absolute atomic E-state index is 0.156. The maximum absolute atomic E-state index is 13.5. The number of fused-ring (bicyclic) bond motifs is 1. The van der Waals surface area contributed by atoms with Crippen molar-refractivity contribution in [3.63, 3.8) is 0 Å². The first-order valence-corrected chi connectivity index (χ1v) is 20.3. The summed E-state index contributed by atoms with van der Waals surface area (Å²) in [6, 6.07) is 25.0. The van der Waals surface area contributed by atoms with E-state index in [4.69, 9.17) is 30.2 Å². The number of methoxy groups -OCH3 is 1. The highest BCUT2D eigenvalue weighted by molar-refractivity contribution is 6.99. The Morgan fingerprint density at radius 2 is 1.67 bits per heavy atom. The van der Waals surface area contributed by atoms with E-state index < -0.39 is 14.3 Å². The quantitative estimate of drug-likeness (QED) is 0.0784. The van der Waals surface area contributed by atoms with Crippen molar-refractivity contribution in [2.45, 2.75) is 77.4 Å². The zero-order valence-corrected chi connectivity index (χ0v) is 32.8. The number of esters is 1. The van der Waals surface area contributed by atoms with Crippen molar-refractivity contribution in [1.82, 2.24) is 14.3 Å². The standard InChI is InChI=1S/C41H50ClN3O6Si/c1-41(2,3)52(28-16-9-7-10-17-28,29-18-11-8-12-19-29)51-25-15-20-30-31-22-23-32(42)36(38(31)44(4)39(30)40(47)48-6)37-33(26-46)43-45(5)34(37)27-50-35-21-13-14-24-49-35/h7-12,16-19,22-23,35,46H,13-15,20-21,24-27H2,1-6H3. The molecule has 6 rings (SSSR count). The molecule has 0 radical (unpaired) electrons. The molecule has 52 heavy (non-hydrogen) atoms. The van der Waals surface area contributed by atoms with Crippen LogP contribution in [0.5, 0.6) is 0 Å². The molecule has 1 aliphatic rings. The van der Waals surface area contributed by atoms with Crippen LogP contribution in [-0.2, 0) is 52.4 Å². The van der Waals surface area contributed by atoms with Gasteiger partial charge in [-0.25, -0.2) is 4.79 Å². The zero-order chi connectivity index (χ0) is 37.0. The first-order chi connectivity index (χ1) is 25.0. The molecule has 0 bridgehead atoms. The summed E-state index contributed by atoms with van der Waals surface area (Å²) in [6.07, 6.45) is 3.81. The van der Waals surface area contributed by atoms with Gasteiger partial charge in [0.15, 0.2) is 6.29 Å². The average molecular weight is 744 g/mol. The van der Waals surface area contributed by atoms with Gasteiger partial charge in [-0.05, 0) is 59.1 Å². The number of aromatic nitrogens is 3. The molecule has 276 valence electrons. The lowest BCUT2D eigenvalue weighted by atomic mass is 9.98. The van der Waals surface area contributed by atoms with Crippen molar-refractivity contribution in [3.8, 4) is 11.1 Å². The van der Waals surface area contributed by atoms with Gasteiger partial charge in [0.1, 0.15) is 5.69 Å². The third kappa shape index (κ3) is 7.12. The van der Waals surface area contributed by atoms with Crippen molar-refractivity contribution >= 4 is 47.2 Å². The van der Waals surface area contributed by atoms with E-state index in [9.17, 15) is 9.90 Å². The number of benzene rings is 3. The van der Waals surface area contributed by atoms with Gasteiger partial charge in [-0.1, -0.05) is 99.1 Å². The van der Waals surface area contributed by atoms with Gasteiger partial charge in [0, 0.05) is 43.8 Å². The van der Waals surface area contributed by atoms with Crippen LogP contribution in [0.4, 0.5) is 0 Å². The third-order valence-electron chi connectivity index (χ3n) is 10.3. The van der Waals surface area contributed by atoms with E-state index in [0.29, 0.717) is 53.6 Å². The molecule has 2 aromatic heterocycles. The number of nitrogens with zero attached hydrogens (tertiary/aromatic N) is 3. The van der Waals surface area contributed by atoms with Crippen molar-refractivity contribution in [2.24, 2.45) is 14.1 Å². The van der Waals surface area contributed by atoms with E-state index in [1.807, 2.05) is 42.9 Å². The van der Waals surface area contributed by atoms with Gasteiger partial charge < -0.3 is 28.3 Å². The number of hydrogen-bond acceptors (Lipinski definition) is 7. The minimum atomic E-state index is -2.74. The van der Waals surface area contributed by atoms with Crippen LogP contribution in [0.3, 0.4) is 0 Å². The van der Waals surface area contributed by atoms with E-state index >= 15 is 0 Å². The van der Waals surface area contributed by atoms with Crippen molar-refractivity contribution in [2.75, 3.05) is 20.3 Å². The van der Waals surface area contributed by atoms with Gasteiger partial charge >= 0.3 is 5.97 Å². The Morgan fingerprint density at radius 3 is 2.25 bits per heavy atom. The van der Waals surface area contributed by atoms with Gasteiger partial charge in [-0.3, -0.25) is 4.68 Å². The number of aryl methyl sites for hydroxylation is 3. The van der Waals surface area contributed by atoms with Crippen LogP contribution in [-0.4, -0.2) is 60.4 Å². The topological polar surface area (TPSA) is 97.0 Å². The van der Waals surface area contributed by atoms with Crippen LogP contribution in [0.1, 0.15) is 73.9 Å². The molecule has 3 aromatic carbocycles. The van der Waals surface area contributed by atoms with Crippen LogP contribution in [0.2, 0.25) is 10.1 Å². The Hall–Kier alpha value is -3.77. The Balaban J connectivity index is 1.39. The number of rotatable bonds is 13. The Kier molecular flexibility index (Phi) is 11.7. The highest BCUT2D eigenvalue weighted by atomic mass is 35.5. The van der Waals surface area contributed by atoms with Crippen LogP contribution >= 0.6 is 11.6 Å². The summed E-state index contributed by atoms with van der Waals surface area (Å²) in [7, 11) is 2.35. The van der Waals surface area contributed by atoms with Crippen molar-refractivity contribution in [3.05, 3.63) is 100 Å². The summed E-state index contributed by atoms with van der Waals surface area (Å²) in [5.74, 6) is -0.435. The summed E-state index contributed by atoms with van der Waals surface area (Å²) in [5, 5.41) is 18.8. The summed E-state index contributed by atoms with van der Waals surface area (Å²) < 4.78 is 28.2. The highest BCUT2D eigenvalue weighted by Gasteiger charge is 2.50. The summed E-state index contributed by atoms with van der Waals surface area (Å²) in [6.45, 7) is 7.89. The van der Waals surface area contributed by atoms with E-state index in [2.05, 4.69) is 74.4 Å². The van der Waals surface area contributed by atoms with Crippen LogP contribution < -0.4 is 10.4 Å². The van der Waals surface area contributed by atoms with Crippen molar-refractivity contribution < 1.29 is 28.5 Å². The fraction of sp³-hybridized carbons (Fsp3) is 0.415. The third-order valence-corrected chi connectivity index (χ3v) is 15.6. The van der Waals surface area contributed by atoms with Crippen LogP contribution in [0.15, 0.2) is 72.8 Å². The van der Waals surface area contributed by atoms with Gasteiger partial charge in [-0.15, -0.1) is 0 Å². The van der Waals surface area contributed by atoms with Gasteiger partial charge in [-0.2, -0.15) is 5.10 Å². The molecule has 9 nitrogen and oxygen atoms in total. The number of carbonyl (C=O) groups excluding carboxylic acids is 1. The lowest BCUT2D eigenvalue weighted by molar-refractivity contribution is -0.169. The molecule has 0 aliphatic carbocycles. The van der Waals surface area contributed by atoms with Gasteiger partial charge in [0.05, 0.1) is 42.3 Å². The molecule has 3 heterocycles. The fourth-order valence-electron chi connectivity index (χ4n) is 7.88. The molecular formula is C41H50ClN3O6Si. The van der Waals surface area contributed by atoms with E-state index in [1.54, 1.807) is 4.68 Å². The lowest BCUT2D eigenvalue weighted by Crippen LogP contribution is -2.66. The number of aliphatic hydroxyl groups excluding tert-OH is 1. The number of hydrogen-bond donors (Lipinski definition) is 1. The predicted octanol–water partition coefficient (Wildman–Crippen LogP) is 7.06. The normalized spacial score (nSPS) is 15.3. The monoisotopic (exact) mass is 743 g/mol. The van der Waals surface area contributed by atoms with Gasteiger partial charge in [0.2, 0.25) is 0 Å². The molecular weight excluding hydrogens is 694 g/mol. The number of carbonyl (C=O) groups is 1. The molecule has 1 atom stereocenters. The molecule has 1 N–H and O–H groups in total. The SMILES string of the molecule is COC(=O)c1c(CCCO[Si](c2ccccc2)(c2ccccc2)C(C)(C)C)c2ccc(Cl)c(-c3c(CO)nn(C)c3COC3CCCCO3)c2n1C. The van der Waals surface area contributed by atoms with Crippen LogP contribution in [0.25, 0.3) is 22.0 Å². The number of halogens is 1. The molecule has 0 amide bonds. The molecule has 1 aliphatic heterocycles.